The monoisotopic (exact) mass is 210 g/mol. The van der Waals surface area contributed by atoms with Crippen LogP contribution in [-0.4, -0.2) is 17.3 Å². The van der Waals surface area contributed by atoms with E-state index in [2.05, 4.69) is 37.1 Å². The van der Waals surface area contributed by atoms with E-state index in [9.17, 15) is 0 Å². The zero-order valence-electron chi connectivity index (χ0n) is 9.29. The molecule has 1 heterocycles. The Morgan fingerprint density at radius 1 is 1.50 bits per heavy atom. The Kier molecular flexibility index (Phi) is 4.42. The van der Waals surface area contributed by atoms with Gasteiger partial charge in [-0.2, -0.15) is 0 Å². The first-order valence-electron chi connectivity index (χ1n) is 4.90. The number of aromatic nitrogens is 1. The lowest BCUT2D eigenvalue weighted by Gasteiger charge is -2.08. The highest BCUT2D eigenvalue weighted by Gasteiger charge is 2.04. The van der Waals surface area contributed by atoms with E-state index >= 15 is 0 Å². The molecular weight excluding hydrogens is 192 g/mol. The SMILES string of the molecule is CNCc1cnc(SC(C)C)c(C)c1. The largest absolute Gasteiger partial charge is 0.316 e. The number of hydrogen-bond donors (Lipinski definition) is 1. The molecule has 14 heavy (non-hydrogen) atoms. The van der Waals surface area contributed by atoms with Gasteiger partial charge in [-0.05, 0) is 25.1 Å². The third-order valence-electron chi connectivity index (χ3n) is 1.82. The van der Waals surface area contributed by atoms with Crippen molar-refractivity contribution in [3.63, 3.8) is 0 Å². The Morgan fingerprint density at radius 2 is 2.21 bits per heavy atom. The molecule has 0 aromatic carbocycles. The fourth-order valence-corrected chi connectivity index (χ4v) is 2.07. The molecule has 1 N–H and O–H groups in total. The number of pyridine rings is 1. The molecule has 0 aliphatic carbocycles. The maximum atomic E-state index is 4.46. The molecule has 0 fully saturated rings. The summed E-state index contributed by atoms with van der Waals surface area (Å²) in [4.78, 5) is 4.46. The number of thioether (sulfide) groups is 1. The minimum Gasteiger partial charge on any atom is -0.316 e. The average molecular weight is 210 g/mol. The van der Waals surface area contributed by atoms with E-state index in [0.717, 1.165) is 11.6 Å². The van der Waals surface area contributed by atoms with E-state index in [4.69, 9.17) is 0 Å². The summed E-state index contributed by atoms with van der Waals surface area (Å²) in [5.74, 6) is 0. The van der Waals surface area contributed by atoms with Gasteiger partial charge in [0.15, 0.2) is 0 Å². The first kappa shape index (κ1) is 11.5. The third kappa shape index (κ3) is 3.31. The van der Waals surface area contributed by atoms with Gasteiger partial charge in [-0.3, -0.25) is 0 Å². The molecule has 78 valence electrons. The Hall–Kier alpha value is -0.540. The van der Waals surface area contributed by atoms with Crippen molar-refractivity contribution in [1.29, 1.82) is 0 Å². The van der Waals surface area contributed by atoms with Crippen LogP contribution < -0.4 is 5.32 Å². The molecule has 0 aliphatic rings. The molecule has 0 unspecified atom stereocenters. The molecule has 1 aromatic rings. The molecule has 0 aliphatic heterocycles. The molecule has 0 saturated heterocycles. The van der Waals surface area contributed by atoms with Crippen LogP contribution in [0.2, 0.25) is 0 Å². The van der Waals surface area contributed by atoms with Gasteiger partial charge in [0.1, 0.15) is 0 Å². The van der Waals surface area contributed by atoms with Crippen LogP contribution >= 0.6 is 11.8 Å². The Labute approximate surface area is 90.5 Å². The molecule has 0 radical (unpaired) electrons. The first-order chi connectivity index (χ1) is 6.63. The summed E-state index contributed by atoms with van der Waals surface area (Å²) in [5, 5.41) is 4.87. The highest BCUT2D eigenvalue weighted by Crippen LogP contribution is 2.24. The molecule has 1 rings (SSSR count). The number of rotatable bonds is 4. The fourth-order valence-electron chi connectivity index (χ4n) is 1.27. The molecule has 0 bridgehead atoms. The zero-order valence-corrected chi connectivity index (χ0v) is 10.1. The van der Waals surface area contributed by atoms with Crippen LogP contribution in [0.25, 0.3) is 0 Å². The highest BCUT2D eigenvalue weighted by molar-refractivity contribution is 7.99. The highest BCUT2D eigenvalue weighted by atomic mass is 32.2. The van der Waals surface area contributed by atoms with Crippen LogP contribution in [0.15, 0.2) is 17.3 Å². The minimum absolute atomic E-state index is 0.594. The summed E-state index contributed by atoms with van der Waals surface area (Å²) in [6.07, 6.45) is 1.95. The maximum Gasteiger partial charge on any atom is 0.0991 e. The molecule has 2 nitrogen and oxygen atoms in total. The van der Waals surface area contributed by atoms with Crippen molar-refractivity contribution in [2.24, 2.45) is 0 Å². The fraction of sp³-hybridized carbons (Fsp3) is 0.545. The standard InChI is InChI=1S/C11H18N2S/c1-8(2)14-11-9(3)5-10(6-12-4)7-13-11/h5,7-8,12H,6H2,1-4H3. The smallest absolute Gasteiger partial charge is 0.0991 e. The van der Waals surface area contributed by atoms with Gasteiger partial charge in [-0.15, -0.1) is 11.8 Å². The summed E-state index contributed by atoms with van der Waals surface area (Å²) in [6.45, 7) is 7.39. The second kappa shape index (κ2) is 5.37. The van der Waals surface area contributed by atoms with E-state index in [1.807, 2.05) is 25.0 Å². The molecule has 0 spiro atoms. The quantitative estimate of drug-likeness (QED) is 0.773. The van der Waals surface area contributed by atoms with Crippen molar-refractivity contribution in [1.82, 2.24) is 10.3 Å². The van der Waals surface area contributed by atoms with Crippen LogP contribution in [0.1, 0.15) is 25.0 Å². The zero-order chi connectivity index (χ0) is 10.6. The number of aryl methyl sites for hydroxylation is 1. The number of hydrogen-bond acceptors (Lipinski definition) is 3. The predicted molar refractivity (Wildman–Crippen MR) is 62.7 cm³/mol. The van der Waals surface area contributed by atoms with Crippen molar-refractivity contribution < 1.29 is 0 Å². The summed E-state index contributed by atoms with van der Waals surface area (Å²) < 4.78 is 0. The van der Waals surface area contributed by atoms with E-state index in [1.54, 1.807) is 0 Å². The Morgan fingerprint density at radius 3 is 2.71 bits per heavy atom. The molecule has 1 aromatic heterocycles. The minimum atomic E-state index is 0.594. The summed E-state index contributed by atoms with van der Waals surface area (Å²) in [5.41, 5.74) is 2.52. The third-order valence-corrected chi connectivity index (χ3v) is 2.94. The summed E-state index contributed by atoms with van der Waals surface area (Å²) in [7, 11) is 1.95. The lowest BCUT2D eigenvalue weighted by atomic mass is 10.2. The summed E-state index contributed by atoms with van der Waals surface area (Å²) in [6, 6.07) is 2.20. The topological polar surface area (TPSA) is 24.9 Å². The second-order valence-electron chi connectivity index (χ2n) is 3.66. The van der Waals surface area contributed by atoms with Crippen LogP contribution in [-0.2, 0) is 6.54 Å². The Balaban J connectivity index is 2.79. The van der Waals surface area contributed by atoms with Crippen molar-refractivity contribution in [3.8, 4) is 0 Å². The average Bonchev–Trinajstić information content (AvgIpc) is 2.10. The van der Waals surface area contributed by atoms with Gasteiger partial charge in [-0.1, -0.05) is 19.9 Å². The van der Waals surface area contributed by atoms with Gasteiger partial charge in [0.05, 0.1) is 5.03 Å². The maximum absolute atomic E-state index is 4.46. The van der Waals surface area contributed by atoms with Gasteiger partial charge in [0.2, 0.25) is 0 Å². The van der Waals surface area contributed by atoms with Crippen molar-refractivity contribution in [3.05, 3.63) is 23.4 Å². The second-order valence-corrected chi connectivity index (χ2v) is 5.23. The van der Waals surface area contributed by atoms with Gasteiger partial charge in [0.25, 0.3) is 0 Å². The molecule has 3 heteroatoms. The number of nitrogens with one attached hydrogen (secondary N) is 1. The van der Waals surface area contributed by atoms with Crippen molar-refractivity contribution in [2.75, 3.05) is 7.05 Å². The summed E-state index contributed by atoms with van der Waals surface area (Å²) >= 11 is 1.82. The first-order valence-corrected chi connectivity index (χ1v) is 5.78. The van der Waals surface area contributed by atoms with E-state index < -0.39 is 0 Å². The van der Waals surface area contributed by atoms with Gasteiger partial charge in [-0.25, -0.2) is 4.98 Å². The van der Waals surface area contributed by atoms with Gasteiger partial charge < -0.3 is 5.32 Å². The predicted octanol–water partition coefficient (Wildman–Crippen LogP) is 2.61. The molecule has 0 saturated carbocycles. The van der Waals surface area contributed by atoms with E-state index in [0.29, 0.717) is 5.25 Å². The lowest BCUT2D eigenvalue weighted by molar-refractivity contribution is 0.806. The number of nitrogens with zero attached hydrogens (tertiary/aromatic N) is 1. The molecule has 0 atom stereocenters. The van der Waals surface area contributed by atoms with Crippen molar-refractivity contribution in [2.45, 2.75) is 37.6 Å². The lowest BCUT2D eigenvalue weighted by Crippen LogP contribution is -2.06. The van der Waals surface area contributed by atoms with Crippen LogP contribution in [0.3, 0.4) is 0 Å². The van der Waals surface area contributed by atoms with E-state index in [-0.39, 0.29) is 0 Å². The van der Waals surface area contributed by atoms with Crippen molar-refractivity contribution >= 4 is 11.8 Å². The van der Waals surface area contributed by atoms with E-state index in [1.165, 1.54) is 11.1 Å². The van der Waals surface area contributed by atoms with Crippen LogP contribution in [0.5, 0.6) is 0 Å². The Bertz CT molecular complexity index is 297. The molecular formula is C11H18N2S. The molecule has 0 amide bonds. The van der Waals surface area contributed by atoms with Gasteiger partial charge in [0, 0.05) is 18.0 Å². The van der Waals surface area contributed by atoms with Gasteiger partial charge >= 0.3 is 0 Å². The van der Waals surface area contributed by atoms with Crippen LogP contribution in [0.4, 0.5) is 0 Å². The normalized spacial score (nSPS) is 10.9. The van der Waals surface area contributed by atoms with Crippen LogP contribution in [0, 0.1) is 6.92 Å².